The summed E-state index contributed by atoms with van der Waals surface area (Å²) in [6, 6.07) is 0. The van der Waals surface area contributed by atoms with Gasteiger partial charge in [-0.1, -0.05) is 6.92 Å². The summed E-state index contributed by atoms with van der Waals surface area (Å²) in [5.41, 5.74) is 0.821. The molecule has 0 radical (unpaired) electrons. The number of rotatable bonds is 8. The lowest BCUT2D eigenvalue weighted by molar-refractivity contribution is 0.0530. The molecule has 1 aromatic heterocycles. The molecule has 1 N–H and O–H groups in total. The van der Waals surface area contributed by atoms with Crippen LogP contribution >= 0.6 is 11.3 Å². The number of esters is 1. The Labute approximate surface area is 112 Å². The fraction of sp³-hybridized carbons (Fsp3) is 0.667. The molecule has 102 valence electrons. The molecule has 5 nitrogen and oxygen atoms in total. The van der Waals surface area contributed by atoms with Crippen LogP contribution in [0.15, 0.2) is 0 Å². The summed E-state index contributed by atoms with van der Waals surface area (Å²) in [6.45, 7) is 6.27. The number of carbonyl (C=O) groups is 1. The van der Waals surface area contributed by atoms with Gasteiger partial charge in [-0.05, 0) is 13.3 Å². The Kier molecular flexibility index (Phi) is 6.85. The number of methoxy groups -OCH3 is 1. The van der Waals surface area contributed by atoms with E-state index in [-0.39, 0.29) is 5.97 Å². The van der Waals surface area contributed by atoms with E-state index in [0.29, 0.717) is 24.6 Å². The maximum absolute atomic E-state index is 11.7. The largest absolute Gasteiger partial charge is 0.462 e. The Morgan fingerprint density at radius 3 is 2.83 bits per heavy atom. The molecular formula is C12H20N2O3S. The van der Waals surface area contributed by atoms with E-state index < -0.39 is 0 Å². The van der Waals surface area contributed by atoms with Crippen LogP contribution in [0.4, 0.5) is 0 Å². The highest BCUT2D eigenvalue weighted by molar-refractivity contribution is 7.13. The first-order valence-corrected chi connectivity index (χ1v) is 6.89. The molecule has 18 heavy (non-hydrogen) atoms. The lowest BCUT2D eigenvalue weighted by Crippen LogP contribution is -2.18. The van der Waals surface area contributed by atoms with Gasteiger partial charge in [0.15, 0.2) is 0 Å². The van der Waals surface area contributed by atoms with Crippen molar-refractivity contribution in [3.63, 3.8) is 0 Å². The SMILES string of the molecule is CCOC(=O)c1sc(CNCCOC)nc1CC. The second-order valence-corrected chi connectivity index (χ2v) is 4.71. The predicted octanol–water partition coefficient (Wildman–Crippen LogP) is 1.62. The minimum absolute atomic E-state index is 0.269. The van der Waals surface area contributed by atoms with E-state index >= 15 is 0 Å². The number of carbonyl (C=O) groups excluding carboxylic acids is 1. The van der Waals surface area contributed by atoms with Crippen LogP contribution in [0.3, 0.4) is 0 Å². The molecule has 0 aliphatic carbocycles. The number of ether oxygens (including phenoxy) is 2. The standard InChI is InChI=1S/C12H20N2O3S/c1-4-9-11(12(15)17-5-2)18-10(14-9)8-13-6-7-16-3/h13H,4-8H2,1-3H3. The van der Waals surface area contributed by atoms with Crippen molar-refractivity contribution in [2.75, 3.05) is 26.9 Å². The van der Waals surface area contributed by atoms with E-state index in [1.165, 1.54) is 11.3 Å². The maximum atomic E-state index is 11.7. The highest BCUT2D eigenvalue weighted by Crippen LogP contribution is 2.20. The van der Waals surface area contributed by atoms with Gasteiger partial charge in [0, 0.05) is 20.2 Å². The second kappa shape index (κ2) is 8.18. The average Bonchev–Trinajstić information content (AvgIpc) is 2.78. The Bertz CT molecular complexity index is 379. The summed E-state index contributed by atoms with van der Waals surface area (Å²) in [6.07, 6.45) is 0.739. The highest BCUT2D eigenvalue weighted by atomic mass is 32.1. The number of nitrogens with one attached hydrogen (secondary N) is 1. The summed E-state index contributed by atoms with van der Waals surface area (Å²) in [4.78, 5) is 16.8. The van der Waals surface area contributed by atoms with Gasteiger partial charge >= 0.3 is 5.97 Å². The van der Waals surface area contributed by atoms with Gasteiger partial charge in [0.2, 0.25) is 0 Å². The molecule has 0 aliphatic rings. The Morgan fingerprint density at radius 2 is 2.22 bits per heavy atom. The topological polar surface area (TPSA) is 60.5 Å². The number of thiazole rings is 1. The fourth-order valence-electron chi connectivity index (χ4n) is 1.44. The lowest BCUT2D eigenvalue weighted by Gasteiger charge is -2.00. The zero-order valence-electron chi connectivity index (χ0n) is 11.1. The minimum atomic E-state index is -0.269. The summed E-state index contributed by atoms with van der Waals surface area (Å²) < 4.78 is 9.96. The van der Waals surface area contributed by atoms with Crippen LogP contribution in [0.1, 0.15) is 34.2 Å². The molecule has 0 amide bonds. The van der Waals surface area contributed by atoms with Crippen LogP contribution in [0.5, 0.6) is 0 Å². The molecule has 6 heteroatoms. The van der Waals surface area contributed by atoms with E-state index in [1.807, 2.05) is 6.92 Å². The van der Waals surface area contributed by atoms with Crippen molar-refractivity contribution in [3.05, 3.63) is 15.6 Å². The van der Waals surface area contributed by atoms with Gasteiger partial charge < -0.3 is 14.8 Å². The minimum Gasteiger partial charge on any atom is -0.462 e. The third-order valence-electron chi connectivity index (χ3n) is 2.30. The molecule has 1 aromatic rings. The van der Waals surface area contributed by atoms with Gasteiger partial charge in [0.25, 0.3) is 0 Å². The first kappa shape index (κ1) is 15.1. The molecule has 0 saturated carbocycles. The molecular weight excluding hydrogens is 252 g/mol. The quantitative estimate of drug-likeness (QED) is 0.575. The molecule has 1 rings (SSSR count). The van der Waals surface area contributed by atoms with Gasteiger partial charge in [-0.2, -0.15) is 0 Å². The van der Waals surface area contributed by atoms with Crippen LogP contribution in [0.2, 0.25) is 0 Å². The Balaban J connectivity index is 2.62. The molecule has 0 fully saturated rings. The van der Waals surface area contributed by atoms with Crippen molar-refractivity contribution in [3.8, 4) is 0 Å². The second-order valence-electron chi connectivity index (χ2n) is 3.63. The van der Waals surface area contributed by atoms with E-state index in [1.54, 1.807) is 14.0 Å². The molecule has 1 heterocycles. The van der Waals surface area contributed by atoms with Crippen LogP contribution < -0.4 is 5.32 Å². The van der Waals surface area contributed by atoms with Gasteiger partial charge in [-0.3, -0.25) is 0 Å². The third-order valence-corrected chi connectivity index (χ3v) is 3.37. The Hall–Kier alpha value is -0.980. The molecule has 0 aromatic carbocycles. The van der Waals surface area contributed by atoms with Crippen LogP contribution in [-0.2, 0) is 22.4 Å². The summed E-state index contributed by atoms with van der Waals surface area (Å²) in [7, 11) is 1.67. The van der Waals surface area contributed by atoms with Crippen molar-refractivity contribution in [2.45, 2.75) is 26.8 Å². The van der Waals surface area contributed by atoms with Crippen molar-refractivity contribution < 1.29 is 14.3 Å². The van der Waals surface area contributed by atoms with Gasteiger partial charge in [0.1, 0.15) is 9.88 Å². The maximum Gasteiger partial charge on any atom is 0.350 e. The zero-order chi connectivity index (χ0) is 13.4. The van der Waals surface area contributed by atoms with Crippen LogP contribution in [-0.4, -0.2) is 37.8 Å². The van der Waals surface area contributed by atoms with E-state index in [4.69, 9.17) is 9.47 Å². The van der Waals surface area contributed by atoms with Crippen LogP contribution in [0, 0.1) is 0 Å². The predicted molar refractivity (Wildman–Crippen MR) is 71.0 cm³/mol. The molecule has 0 unspecified atom stereocenters. The molecule has 0 saturated heterocycles. The fourth-order valence-corrected chi connectivity index (χ4v) is 2.46. The third kappa shape index (κ3) is 4.36. The van der Waals surface area contributed by atoms with E-state index in [2.05, 4.69) is 10.3 Å². The van der Waals surface area contributed by atoms with Crippen molar-refractivity contribution >= 4 is 17.3 Å². The number of aryl methyl sites for hydroxylation is 1. The summed E-state index contributed by atoms with van der Waals surface area (Å²) >= 11 is 1.40. The number of aromatic nitrogens is 1. The van der Waals surface area contributed by atoms with Gasteiger partial charge in [0.05, 0.1) is 18.9 Å². The van der Waals surface area contributed by atoms with Gasteiger partial charge in [-0.25, -0.2) is 9.78 Å². The molecule has 0 spiro atoms. The van der Waals surface area contributed by atoms with E-state index in [9.17, 15) is 4.79 Å². The zero-order valence-corrected chi connectivity index (χ0v) is 11.9. The Morgan fingerprint density at radius 1 is 1.44 bits per heavy atom. The average molecular weight is 272 g/mol. The lowest BCUT2D eigenvalue weighted by atomic mass is 10.3. The first-order valence-electron chi connectivity index (χ1n) is 6.08. The normalized spacial score (nSPS) is 10.6. The van der Waals surface area contributed by atoms with Crippen LogP contribution in [0.25, 0.3) is 0 Å². The summed E-state index contributed by atoms with van der Waals surface area (Å²) in [5.74, 6) is -0.269. The summed E-state index contributed by atoms with van der Waals surface area (Å²) in [5, 5.41) is 4.12. The van der Waals surface area contributed by atoms with Crippen molar-refractivity contribution in [2.24, 2.45) is 0 Å². The monoisotopic (exact) mass is 272 g/mol. The number of hydrogen-bond acceptors (Lipinski definition) is 6. The first-order chi connectivity index (χ1) is 8.72. The number of nitrogens with zero attached hydrogens (tertiary/aromatic N) is 1. The molecule has 0 aliphatic heterocycles. The van der Waals surface area contributed by atoms with E-state index in [0.717, 1.165) is 23.7 Å². The number of hydrogen-bond donors (Lipinski definition) is 1. The smallest absolute Gasteiger partial charge is 0.350 e. The highest BCUT2D eigenvalue weighted by Gasteiger charge is 2.17. The molecule has 0 atom stereocenters. The van der Waals surface area contributed by atoms with Gasteiger partial charge in [-0.15, -0.1) is 11.3 Å². The van der Waals surface area contributed by atoms with Crippen molar-refractivity contribution in [1.29, 1.82) is 0 Å². The molecule has 0 bridgehead atoms. The van der Waals surface area contributed by atoms with Crippen molar-refractivity contribution in [1.82, 2.24) is 10.3 Å².